The summed E-state index contributed by atoms with van der Waals surface area (Å²) in [5, 5.41) is 30.0. The van der Waals surface area contributed by atoms with Crippen molar-refractivity contribution in [1.82, 2.24) is 24.7 Å². The Hall–Kier alpha value is -6.38. The molecule has 320 valence electrons. The number of rotatable bonds is 9. The Morgan fingerprint density at radius 2 is 1.37 bits per heavy atom. The highest BCUT2D eigenvalue weighted by atomic mass is 32.2. The highest BCUT2D eigenvalue weighted by Crippen LogP contribution is 2.45. The Kier molecular flexibility index (Phi) is 11.0. The van der Waals surface area contributed by atoms with Crippen LogP contribution in [0.5, 0.6) is 0 Å². The van der Waals surface area contributed by atoms with Gasteiger partial charge in [-0.05, 0) is 125 Å². The first kappa shape index (κ1) is 43.3. The molecule has 0 atom stereocenters. The lowest BCUT2D eigenvalue weighted by Crippen LogP contribution is -2.15. The standard InChI is InChI=1S/C47H46N10O3S3/c1-24-12-14-34-36(20-24)61-45(49-34)56(41-30(7)18-26(3)19-31(41)8)38-21-29(6)40(43(51-38)52-39-27(4)16-25(2)17-28(39)5)53-54-44-33(23-48)42(47(9,10)11)55-57(44)46-50-35-15-13-32(63(58,59)60)22-37(35)62-46/h12-22H,1-11H3,(H,51,52)(H,58,59,60). The summed E-state index contributed by atoms with van der Waals surface area (Å²) in [5.74, 6) is 1.20. The summed E-state index contributed by atoms with van der Waals surface area (Å²) in [7, 11) is -4.45. The van der Waals surface area contributed by atoms with Crippen LogP contribution in [-0.2, 0) is 15.5 Å². The van der Waals surface area contributed by atoms with E-state index in [2.05, 4.69) is 101 Å². The fourth-order valence-corrected chi connectivity index (χ4v) is 10.5. The molecule has 4 aromatic carbocycles. The smallest absolute Gasteiger partial charge is 0.294 e. The maximum Gasteiger partial charge on any atom is 0.294 e. The third-order valence-electron chi connectivity index (χ3n) is 10.7. The molecular formula is C47H46N10O3S3. The Morgan fingerprint density at radius 3 is 2.00 bits per heavy atom. The number of nitrogens with one attached hydrogen (secondary N) is 1. The molecule has 0 saturated heterocycles. The van der Waals surface area contributed by atoms with Gasteiger partial charge in [0, 0.05) is 11.1 Å². The summed E-state index contributed by atoms with van der Waals surface area (Å²) >= 11 is 2.75. The molecule has 0 radical (unpaired) electrons. The van der Waals surface area contributed by atoms with Gasteiger partial charge in [-0.3, -0.25) is 9.45 Å². The van der Waals surface area contributed by atoms with E-state index in [1.807, 2.05) is 39.8 Å². The van der Waals surface area contributed by atoms with E-state index in [1.165, 1.54) is 22.9 Å². The number of azo groups is 1. The second kappa shape index (κ2) is 16.1. The monoisotopic (exact) mass is 894 g/mol. The number of thiazole rings is 2. The predicted octanol–water partition coefficient (Wildman–Crippen LogP) is 13.0. The SMILES string of the molecule is Cc1cc(C)c(Nc2nc(N(c3nc4ccc(C)cc4s3)c3c(C)cc(C)cc3C)cc(C)c2N=Nc2c(C#N)c(C(C)(C)C)nn2-c2nc3ccc(S(=O)(=O)O)cc3s2)c(C)c1. The summed E-state index contributed by atoms with van der Waals surface area (Å²) in [6.07, 6.45) is 0. The summed E-state index contributed by atoms with van der Waals surface area (Å²) in [5.41, 5.74) is 12.2. The Labute approximate surface area is 374 Å². The van der Waals surface area contributed by atoms with Crippen molar-refractivity contribution in [2.45, 2.75) is 86.5 Å². The minimum absolute atomic E-state index is 0.144. The van der Waals surface area contributed by atoms with Crippen LogP contribution < -0.4 is 10.2 Å². The van der Waals surface area contributed by atoms with E-state index in [1.54, 1.807) is 11.3 Å². The molecule has 63 heavy (non-hydrogen) atoms. The molecule has 0 spiro atoms. The van der Waals surface area contributed by atoms with Crippen LogP contribution in [0.1, 0.15) is 76.5 Å². The number of nitriles is 1. The average Bonchev–Trinajstić information content (AvgIpc) is 3.91. The van der Waals surface area contributed by atoms with Crippen molar-refractivity contribution in [2.24, 2.45) is 10.2 Å². The molecule has 2 N–H and O–H groups in total. The van der Waals surface area contributed by atoms with Crippen molar-refractivity contribution in [3.8, 4) is 11.2 Å². The number of pyridine rings is 1. The van der Waals surface area contributed by atoms with Gasteiger partial charge in [-0.2, -0.15) is 23.5 Å². The number of benzene rings is 4. The molecule has 8 aromatic rings. The van der Waals surface area contributed by atoms with Crippen LogP contribution in [0.25, 0.3) is 25.6 Å². The van der Waals surface area contributed by atoms with Crippen LogP contribution in [0.4, 0.5) is 39.6 Å². The van der Waals surface area contributed by atoms with Crippen LogP contribution in [0.15, 0.2) is 81.9 Å². The van der Waals surface area contributed by atoms with E-state index in [4.69, 9.17) is 30.3 Å². The van der Waals surface area contributed by atoms with E-state index in [-0.39, 0.29) is 16.3 Å². The Bertz CT molecular complexity index is 3300. The number of hydrogen-bond donors (Lipinski definition) is 2. The van der Waals surface area contributed by atoms with Crippen molar-refractivity contribution in [3.05, 3.63) is 122 Å². The molecule has 0 unspecified atom stereocenters. The van der Waals surface area contributed by atoms with E-state index in [0.29, 0.717) is 38.4 Å². The normalized spacial score (nSPS) is 12.2. The van der Waals surface area contributed by atoms with Crippen molar-refractivity contribution in [3.63, 3.8) is 0 Å². The van der Waals surface area contributed by atoms with Gasteiger partial charge in [-0.15, -0.1) is 10.2 Å². The number of aromatic nitrogens is 5. The molecule has 4 heterocycles. The molecule has 0 fully saturated rings. The van der Waals surface area contributed by atoms with Gasteiger partial charge in [0.2, 0.25) is 5.13 Å². The van der Waals surface area contributed by atoms with Crippen molar-refractivity contribution in [1.29, 1.82) is 5.26 Å². The number of aryl methyl sites for hydroxylation is 8. The zero-order chi connectivity index (χ0) is 45.3. The number of nitrogens with zero attached hydrogens (tertiary/aromatic N) is 9. The summed E-state index contributed by atoms with van der Waals surface area (Å²) < 4.78 is 36.7. The van der Waals surface area contributed by atoms with Gasteiger partial charge in [-0.1, -0.05) is 84.9 Å². The molecule has 0 amide bonds. The highest BCUT2D eigenvalue weighted by molar-refractivity contribution is 7.85. The fraction of sp³-hybridized carbons (Fsp3) is 0.255. The van der Waals surface area contributed by atoms with Gasteiger partial charge in [0.1, 0.15) is 23.1 Å². The summed E-state index contributed by atoms with van der Waals surface area (Å²) in [6, 6.07) is 23.3. The molecule has 13 nitrogen and oxygen atoms in total. The van der Waals surface area contributed by atoms with Gasteiger partial charge >= 0.3 is 0 Å². The van der Waals surface area contributed by atoms with E-state index >= 15 is 0 Å². The summed E-state index contributed by atoms with van der Waals surface area (Å²) in [4.78, 5) is 17.1. The lowest BCUT2D eigenvalue weighted by molar-refractivity contribution is 0.483. The second-order valence-corrected chi connectivity index (χ2v) is 20.5. The van der Waals surface area contributed by atoms with Gasteiger partial charge in [-0.25, -0.2) is 15.0 Å². The van der Waals surface area contributed by atoms with E-state index < -0.39 is 15.5 Å². The first-order chi connectivity index (χ1) is 29.7. The lowest BCUT2D eigenvalue weighted by atomic mass is 9.90. The van der Waals surface area contributed by atoms with Crippen LogP contribution in [-0.4, -0.2) is 37.7 Å². The van der Waals surface area contributed by atoms with Crippen molar-refractivity contribution >= 4 is 92.9 Å². The van der Waals surface area contributed by atoms with Gasteiger partial charge in [0.15, 0.2) is 16.8 Å². The number of anilines is 5. The highest BCUT2D eigenvalue weighted by Gasteiger charge is 2.30. The summed E-state index contributed by atoms with van der Waals surface area (Å²) in [6.45, 7) is 22.4. The molecule has 4 aromatic heterocycles. The first-order valence-electron chi connectivity index (χ1n) is 20.2. The minimum atomic E-state index is -4.45. The molecule has 0 aliphatic rings. The van der Waals surface area contributed by atoms with Gasteiger partial charge < -0.3 is 5.32 Å². The zero-order valence-corrected chi connectivity index (χ0v) is 39.3. The third-order valence-corrected chi connectivity index (χ3v) is 13.5. The van der Waals surface area contributed by atoms with Crippen molar-refractivity contribution in [2.75, 3.05) is 10.2 Å². The number of fused-ring (bicyclic) bond motifs is 2. The molecule has 0 aliphatic heterocycles. The van der Waals surface area contributed by atoms with Gasteiger partial charge in [0.25, 0.3) is 10.1 Å². The first-order valence-corrected chi connectivity index (χ1v) is 23.2. The minimum Gasteiger partial charge on any atom is -0.338 e. The van der Waals surface area contributed by atoms with Crippen LogP contribution in [0.2, 0.25) is 0 Å². The lowest BCUT2D eigenvalue weighted by Gasteiger charge is -2.27. The van der Waals surface area contributed by atoms with Gasteiger partial charge in [0.05, 0.1) is 36.7 Å². The third kappa shape index (κ3) is 8.32. The number of hydrogen-bond acceptors (Lipinski definition) is 13. The largest absolute Gasteiger partial charge is 0.338 e. The quantitative estimate of drug-likeness (QED) is 0.105. The maximum atomic E-state index is 12.0. The topological polar surface area (TPSA) is 175 Å². The Balaban J connectivity index is 1.36. The average molecular weight is 895 g/mol. The van der Waals surface area contributed by atoms with Crippen LogP contribution >= 0.6 is 22.7 Å². The second-order valence-electron chi connectivity index (χ2n) is 17.1. The molecule has 0 bridgehead atoms. The molecular weight excluding hydrogens is 849 g/mol. The molecule has 0 aliphatic carbocycles. The predicted molar refractivity (Wildman–Crippen MR) is 254 cm³/mol. The van der Waals surface area contributed by atoms with E-state index in [0.717, 1.165) is 82.6 Å². The zero-order valence-electron chi connectivity index (χ0n) is 36.9. The van der Waals surface area contributed by atoms with Crippen LogP contribution in [0.3, 0.4) is 0 Å². The van der Waals surface area contributed by atoms with E-state index in [9.17, 15) is 18.2 Å². The maximum absolute atomic E-state index is 12.0. The molecule has 8 rings (SSSR count). The van der Waals surface area contributed by atoms with Crippen LogP contribution in [0, 0.1) is 66.7 Å². The fourth-order valence-electron chi connectivity index (χ4n) is 7.92. The molecule has 16 heteroatoms. The Morgan fingerprint density at radius 1 is 0.746 bits per heavy atom. The molecule has 0 saturated carbocycles. The van der Waals surface area contributed by atoms with Crippen molar-refractivity contribution < 1.29 is 13.0 Å².